The lowest BCUT2D eigenvalue weighted by Gasteiger charge is -2.08. The summed E-state index contributed by atoms with van der Waals surface area (Å²) in [6.07, 6.45) is 1.90. The van der Waals surface area contributed by atoms with Crippen molar-refractivity contribution in [2.24, 2.45) is 5.92 Å². The number of hydrogen-bond acceptors (Lipinski definition) is 6. The van der Waals surface area contributed by atoms with Crippen LogP contribution >= 0.6 is 0 Å². The van der Waals surface area contributed by atoms with Gasteiger partial charge in [-0.25, -0.2) is 4.98 Å². The largest absolute Gasteiger partial charge is 0.481 e. The van der Waals surface area contributed by atoms with E-state index in [2.05, 4.69) is 20.4 Å². The molecule has 0 saturated heterocycles. The fourth-order valence-corrected chi connectivity index (χ4v) is 1.59. The molecule has 1 atom stereocenters. The molecular formula is C11H14N4O3. The van der Waals surface area contributed by atoms with Gasteiger partial charge in [0.05, 0.1) is 11.6 Å². The van der Waals surface area contributed by atoms with Crippen molar-refractivity contribution in [3.63, 3.8) is 0 Å². The van der Waals surface area contributed by atoms with Gasteiger partial charge in [-0.2, -0.15) is 4.98 Å². The molecule has 2 aromatic heterocycles. The van der Waals surface area contributed by atoms with Crippen molar-refractivity contribution in [2.75, 3.05) is 11.9 Å². The van der Waals surface area contributed by atoms with Crippen LogP contribution in [0.15, 0.2) is 10.9 Å². The first kappa shape index (κ1) is 12.3. The molecule has 0 fully saturated rings. The van der Waals surface area contributed by atoms with Gasteiger partial charge in [-0.05, 0) is 13.3 Å². The van der Waals surface area contributed by atoms with E-state index in [4.69, 9.17) is 9.63 Å². The number of carbonyl (C=O) groups is 1. The van der Waals surface area contributed by atoms with Crippen molar-refractivity contribution >= 4 is 22.9 Å². The summed E-state index contributed by atoms with van der Waals surface area (Å²) in [5.41, 5.74) is 1.13. The van der Waals surface area contributed by atoms with Gasteiger partial charge in [-0.1, -0.05) is 12.1 Å². The van der Waals surface area contributed by atoms with Crippen LogP contribution < -0.4 is 5.32 Å². The highest BCUT2D eigenvalue weighted by Crippen LogP contribution is 2.22. The Kier molecular flexibility index (Phi) is 3.40. The molecule has 0 aliphatic heterocycles. The lowest BCUT2D eigenvalue weighted by atomic mass is 10.1. The second kappa shape index (κ2) is 4.99. The van der Waals surface area contributed by atoms with Gasteiger partial charge in [0.25, 0.3) is 5.71 Å². The molecule has 7 heteroatoms. The highest BCUT2D eigenvalue weighted by Gasteiger charge is 2.13. The molecule has 7 nitrogen and oxygen atoms in total. The Bertz CT molecular complexity index is 566. The summed E-state index contributed by atoms with van der Waals surface area (Å²) in [7, 11) is 0. The third-order valence-corrected chi connectivity index (χ3v) is 2.73. The standard InChI is InChI=1S/C11H14N4O3/c1-6(11(16)17)3-4-12-9-8-7(2)15-18-10(8)14-5-13-9/h5-6H,3-4H2,1-2H3,(H,16,17)(H,12,13,14). The van der Waals surface area contributed by atoms with Crippen molar-refractivity contribution in [2.45, 2.75) is 20.3 Å². The van der Waals surface area contributed by atoms with E-state index in [-0.39, 0.29) is 0 Å². The molecular weight excluding hydrogens is 236 g/mol. The number of anilines is 1. The number of fused-ring (bicyclic) bond motifs is 1. The Morgan fingerprint density at radius 3 is 3.06 bits per heavy atom. The summed E-state index contributed by atoms with van der Waals surface area (Å²) in [4.78, 5) is 18.8. The van der Waals surface area contributed by atoms with Crippen molar-refractivity contribution in [1.82, 2.24) is 15.1 Å². The number of carboxylic acid groups (broad SMARTS) is 1. The van der Waals surface area contributed by atoms with Crippen LogP contribution in [0, 0.1) is 12.8 Å². The minimum Gasteiger partial charge on any atom is -0.481 e. The highest BCUT2D eigenvalue weighted by atomic mass is 16.5. The Morgan fingerprint density at radius 1 is 1.56 bits per heavy atom. The normalized spacial score (nSPS) is 12.6. The maximum atomic E-state index is 10.7. The lowest BCUT2D eigenvalue weighted by molar-refractivity contribution is -0.141. The van der Waals surface area contributed by atoms with Crippen molar-refractivity contribution in [1.29, 1.82) is 0 Å². The summed E-state index contributed by atoms with van der Waals surface area (Å²) >= 11 is 0. The number of aliphatic carboxylic acids is 1. The number of hydrogen-bond donors (Lipinski definition) is 2. The molecule has 96 valence electrons. The van der Waals surface area contributed by atoms with Crippen LogP contribution in [0.3, 0.4) is 0 Å². The molecule has 1 unspecified atom stereocenters. The first-order chi connectivity index (χ1) is 8.59. The maximum Gasteiger partial charge on any atom is 0.306 e. The van der Waals surface area contributed by atoms with Gasteiger partial charge in [0.15, 0.2) is 0 Å². The quantitative estimate of drug-likeness (QED) is 0.827. The number of aryl methyl sites for hydroxylation is 1. The zero-order valence-corrected chi connectivity index (χ0v) is 10.2. The summed E-state index contributed by atoms with van der Waals surface area (Å²) in [5.74, 6) is -0.569. The molecule has 0 bridgehead atoms. The van der Waals surface area contributed by atoms with Gasteiger partial charge in [0.2, 0.25) is 0 Å². The summed E-state index contributed by atoms with van der Waals surface area (Å²) in [6, 6.07) is 0. The second-order valence-corrected chi connectivity index (χ2v) is 4.13. The third-order valence-electron chi connectivity index (χ3n) is 2.73. The van der Waals surface area contributed by atoms with Gasteiger partial charge < -0.3 is 14.9 Å². The molecule has 0 aliphatic carbocycles. The molecule has 2 N–H and O–H groups in total. The molecule has 2 rings (SSSR count). The van der Waals surface area contributed by atoms with Crippen LogP contribution in [0.4, 0.5) is 5.82 Å². The monoisotopic (exact) mass is 250 g/mol. The smallest absolute Gasteiger partial charge is 0.306 e. The molecule has 0 aromatic carbocycles. The fraction of sp³-hybridized carbons (Fsp3) is 0.455. The van der Waals surface area contributed by atoms with E-state index >= 15 is 0 Å². The van der Waals surface area contributed by atoms with Crippen LogP contribution in [0.1, 0.15) is 19.0 Å². The van der Waals surface area contributed by atoms with E-state index in [1.807, 2.05) is 0 Å². The maximum absolute atomic E-state index is 10.7. The average molecular weight is 250 g/mol. The number of nitrogens with one attached hydrogen (secondary N) is 1. The molecule has 0 aliphatic rings. The third kappa shape index (κ3) is 2.39. The predicted octanol–water partition coefficient (Wildman–Crippen LogP) is 1.45. The molecule has 2 aromatic rings. The number of rotatable bonds is 5. The van der Waals surface area contributed by atoms with Gasteiger partial charge in [-0.3, -0.25) is 4.79 Å². The van der Waals surface area contributed by atoms with Crippen molar-refractivity contribution < 1.29 is 14.4 Å². The molecule has 0 amide bonds. The number of aromatic nitrogens is 3. The van der Waals surface area contributed by atoms with E-state index in [1.54, 1.807) is 13.8 Å². The van der Waals surface area contributed by atoms with E-state index in [1.165, 1.54) is 6.33 Å². The Morgan fingerprint density at radius 2 is 2.33 bits per heavy atom. The first-order valence-corrected chi connectivity index (χ1v) is 5.63. The zero-order chi connectivity index (χ0) is 13.1. The van der Waals surface area contributed by atoms with Crippen LogP contribution in [0.25, 0.3) is 11.1 Å². The summed E-state index contributed by atoms with van der Waals surface area (Å²) in [5, 5.41) is 16.4. The second-order valence-electron chi connectivity index (χ2n) is 4.13. The summed E-state index contributed by atoms with van der Waals surface area (Å²) in [6.45, 7) is 3.99. The van der Waals surface area contributed by atoms with E-state index < -0.39 is 11.9 Å². The lowest BCUT2D eigenvalue weighted by Crippen LogP contribution is -2.15. The molecule has 0 radical (unpaired) electrons. The van der Waals surface area contributed by atoms with Crippen molar-refractivity contribution in [3.8, 4) is 0 Å². The fourth-order valence-electron chi connectivity index (χ4n) is 1.59. The van der Waals surface area contributed by atoms with E-state index in [0.29, 0.717) is 30.2 Å². The Balaban J connectivity index is 2.08. The Labute approximate surface area is 103 Å². The van der Waals surface area contributed by atoms with Gasteiger partial charge in [-0.15, -0.1) is 0 Å². The predicted molar refractivity (Wildman–Crippen MR) is 64.2 cm³/mol. The minimum absolute atomic E-state index is 0.390. The van der Waals surface area contributed by atoms with Crippen LogP contribution in [0.2, 0.25) is 0 Å². The SMILES string of the molecule is Cc1noc2ncnc(NCCC(C)C(=O)O)c12. The Hall–Kier alpha value is -2.18. The van der Waals surface area contributed by atoms with Crippen molar-refractivity contribution in [3.05, 3.63) is 12.0 Å². The van der Waals surface area contributed by atoms with Crippen LogP contribution in [-0.2, 0) is 4.79 Å². The average Bonchev–Trinajstić information content (AvgIpc) is 2.72. The van der Waals surface area contributed by atoms with Gasteiger partial charge in [0, 0.05) is 6.54 Å². The molecule has 0 saturated carbocycles. The molecule has 2 heterocycles. The topological polar surface area (TPSA) is 101 Å². The minimum atomic E-state index is -0.800. The van der Waals surface area contributed by atoms with Crippen LogP contribution in [0.5, 0.6) is 0 Å². The van der Waals surface area contributed by atoms with E-state index in [0.717, 1.165) is 5.39 Å². The van der Waals surface area contributed by atoms with Gasteiger partial charge in [0.1, 0.15) is 17.5 Å². The first-order valence-electron chi connectivity index (χ1n) is 5.63. The number of nitrogens with zero attached hydrogens (tertiary/aromatic N) is 3. The van der Waals surface area contributed by atoms with Gasteiger partial charge >= 0.3 is 5.97 Å². The highest BCUT2D eigenvalue weighted by molar-refractivity contribution is 5.87. The van der Waals surface area contributed by atoms with Crippen LogP contribution in [-0.4, -0.2) is 32.7 Å². The molecule has 0 spiro atoms. The van der Waals surface area contributed by atoms with E-state index in [9.17, 15) is 4.79 Å². The molecule has 18 heavy (non-hydrogen) atoms. The summed E-state index contributed by atoms with van der Waals surface area (Å²) < 4.78 is 5.02. The number of carboxylic acids is 1. The zero-order valence-electron chi connectivity index (χ0n) is 10.2.